The van der Waals surface area contributed by atoms with Crippen molar-refractivity contribution in [2.45, 2.75) is 64.5 Å². The van der Waals surface area contributed by atoms with Crippen molar-refractivity contribution >= 4 is 5.91 Å². The number of aromatic nitrogens is 2. The maximum absolute atomic E-state index is 12.7. The zero-order valence-corrected chi connectivity index (χ0v) is 14.0. The second kappa shape index (κ2) is 6.41. The van der Waals surface area contributed by atoms with Crippen LogP contribution in [0.3, 0.4) is 0 Å². The molecule has 0 bridgehead atoms. The molecule has 22 heavy (non-hydrogen) atoms. The second-order valence-corrected chi connectivity index (χ2v) is 6.63. The first kappa shape index (κ1) is 15.5. The van der Waals surface area contributed by atoms with Crippen LogP contribution in [0.1, 0.15) is 61.5 Å². The van der Waals surface area contributed by atoms with E-state index in [9.17, 15) is 4.79 Å². The Hall–Kier alpha value is -1.36. The summed E-state index contributed by atoms with van der Waals surface area (Å²) in [5.74, 6) is 0.278. The molecule has 122 valence electrons. The number of rotatable bonds is 4. The lowest BCUT2D eigenvalue weighted by atomic mass is 10.0. The average molecular weight is 305 g/mol. The molecule has 0 radical (unpaired) electrons. The highest BCUT2D eigenvalue weighted by atomic mass is 16.5. The number of likely N-dealkylation sites (tertiary alicyclic amines) is 1. The number of amides is 1. The van der Waals surface area contributed by atoms with Gasteiger partial charge in [0.1, 0.15) is 0 Å². The van der Waals surface area contributed by atoms with Gasteiger partial charge >= 0.3 is 0 Å². The van der Waals surface area contributed by atoms with E-state index in [1.165, 1.54) is 11.3 Å². The SMILES string of the molecule is Cc1nn(C)c(C)c1C1CCCN1C(=O)CCC1CCCO1. The van der Waals surface area contributed by atoms with E-state index < -0.39 is 0 Å². The Morgan fingerprint density at radius 3 is 2.77 bits per heavy atom. The van der Waals surface area contributed by atoms with Crippen molar-refractivity contribution < 1.29 is 9.53 Å². The molecule has 2 aliphatic rings. The molecule has 0 saturated carbocycles. The van der Waals surface area contributed by atoms with Gasteiger partial charge in [-0.15, -0.1) is 0 Å². The Morgan fingerprint density at radius 1 is 1.32 bits per heavy atom. The fraction of sp³-hybridized carbons (Fsp3) is 0.765. The number of carbonyl (C=O) groups excluding carboxylic acids is 1. The van der Waals surface area contributed by atoms with Gasteiger partial charge in [0.05, 0.1) is 17.8 Å². The minimum absolute atomic E-state index is 0.214. The lowest BCUT2D eigenvalue weighted by Gasteiger charge is -2.26. The van der Waals surface area contributed by atoms with Crippen molar-refractivity contribution in [3.63, 3.8) is 0 Å². The minimum Gasteiger partial charge on any atom is -0.378 e. The summed E-state index contributed by atoms with van der Waals surface area (Å²) in [6, 6.07) is 0.214. The summed E-state index contributed by atoms with van der Waals surface area (Å²) >= 11 is 0. The van der Waals surface area contributed by atoms with Crippen LogP contribution in [0.15, 0.2) is 0 Å². The third kappa shape index (κ3) is 2.91. The van der Waals surface area contributed by atoms with Crippen LogP contribution in [0, 0.1) is 13.8 Å². The fourth-order valence-electron chi connectivity index (χ4n) is 3.94. The van der Waals surface area contributed by atoms with E-state index in [-0.39, 0.29) is 11.9 Å². The summed E-state index contributed by atoms with van der Waals surface area (Å²) < 4.78 is 7.56. The van der Waals surface area contributed by atoms with Crippen LogP contribution in [0.25, 0.3) is 0 Å². The van der Waals surface area contributed by atoms with Gasteiger partial charge in [0.25, 0.3) is 0 Å². The molecule has 3 rings (SSSR count). The van der Waals surface area contributed by atoms with E-state index in [2.05, 4.69) is 23.8 Å². The number of nitrogens with zero attached hydrogens (tertiary/aromatic N) is 3. The topological polar surface area (TPSA) is 47.4 Å². The summed E-state index contributed by atoms with van der Waals surface area (Å²) in [4.78, 5) is 14.7. The zero-order valence-electron chi connectivity index (χ0n) is 14.0. The summed E-state index contributed by atoms with van der Waals surface area (Å²) in [5.41, 5.74) is 3.50. The lowest BCUT2D eigenvalue weighted by molar-refractivity contribution is -0.132. The Kier molecular flexibility index (Phi) is 4.52. The highest BCUT2D eigenvalue weighted by Crippen LogP contribution is 2.36. The normalized spacial score (nSPS) is 25.1. The molecule has 1 amide bonds. The van der Waals surface area contributed by atoms with Crippen molar-refractivity contribution in [3.8, 4) is 0 Å². The van der Waals surface area contributed by atoms with Crippen LogP contribution in [0.2, 0.25) is 0 Å². The molecule has 2 fully saturated rings. The molecule has 0 aliphatic carbocycles. The molecule has 1 aromatic rings. The molecule has 2 saturated heterocycles. The van der Waals surface area contributed by atoms with Crippen molar-refractivity contribution in [1.82, 2.24) is 14.7 Å². The van der Waals surface area contributed by atoms with Crippen LogP contribution >= 0.6 is 0 Å². The van der Waals surface area contributed by atoms with Gasteiger partial charge in [-0.1, -0.05) is 0 Å². The molecular formula is C17H27N3O2. The van der Waals surface area contributed by atoms with Crippen LogP contribution in [0.5, 0.6) is 0 Å². The Balaban J connectivity index is 1.68. The molecule has 2 atom stereocenters. The first-order valence-electron chi connectivity index (χ1n) is 8.49. The summed E-state index contributed by atoms with van der Waals surface area (Å²) in [7, 11) is 1.98. The van der Waals surface area contributed by atoms with Gasteiger partial charge in [-0.3, -0.25) is 9.48 Å². The maximum atomic E-state index is 12.7. The molecule has 2 unspecified atom stereocenters. The standard InChI is InChI=1S/C17H27N3O2/c1-12-17(13(2)19(3)18-12)15-7-4-10-20(15)16(21)9-8-14-6-5-11-22-14/h14-15H,4-11H2,1-3H3. The molecule has 1 aromatic heterocycles. The molecule has 5 heteroatoms. The van der Waals surface area contributed by atoms with Crippen LogP contribution < -0.4 is 0 Å². The van der Waals surface area contributed by atoms with Gasteiger partial charge < -0.3 is 9.64 Å². The zero-order chi connectivity index (χ0) is 15.7. The molecule has 3 heterocycles. The third-order valence-corrected chi connectivity index (χ3v) is 5.18. The maximum Gasteiger partial charge on any atom is 0.223 e. The summed E-state index contributed by atoms with van der Waals surface area (Å²) in [6.07, 6.45) is 6.17. The van der Waals surface area contributed by atoms with Gasteiger partial charge in [0, 0.05) is 37.9 Å². The monoisotopic (exact) mass is 305 g/mol. The first-order valence-corrected chi connectivity index (χ1v) is 8.49. The van der Waals surface area contributed by atoms with Gasteiger partial charge in [0.15, 0.2) is 0 Å². The molecule has 0 aromatic carbocycles. The van der Waals surface area contributed by atoms with E-state index in [1.807, 2.05) is 11.7 Å². The Bertz CT molecular complexity index is 546. The number of aryl methyl sites for hydroxylation is 2. The average Bonchev–Trinajstić information content (AvgIpc) is 3.19. The quantitative estimate of drug-likeness (QED) is 0.859. The number of carbonyl (C=O) groups is 1. The number of ether oxygens (including phenoxy) is 1. The minimum atomic E-state index is 0.214. The van der Waals surface area contributed by atoms with Crippen LogP contribution in [0.4, 0.5) is 0 Å². The first-order chi connectivity index (χ1) is 10.6. The van der Waals surface area contributed by atoms with Gasteiger partial charge in [0.2, 0.25) is 5.91 Å². The van der Waals surface area contributed by atoms with Crippen molar-refractivity contribution in [1.29, 1.82) is 0 Å². The van der Waals surface area contributed by atoms with E-state index >= 15 is 0 Å². The Labute approximate surface area is 132 Å². The third-order valence-electron chi connectivity index (χ3n) is 5.18. The largest absolute Gasteiger partial charge is 0.378 e. The van der Waals surface area contributed by atoms with Gasteiger partial charge in [-0.25, -0.2) is 0 Å². The molecule has 5 nitrogen and oxygen atoms in total. The van der Waals surface area contributed by atoms with E-state index in [0.717, 1.165) is 50.9 Å². The smallest absolute Gasteiger partial charge is 0.223 e. The fourth-order valence-corrected chi connectivity index (χ4v) is 3.94. The molecule has 0 spiro atoms. The van der Waals surface area contributed by atoms with Crippen molar-refractivity contribution in [3.05, 3.63) is 17.0 Å². The van der Waals surface area contributed by atoms with Crippen molar-refractivity contribution in [2.75, 3.05) is 13.2 Å². The van der Waals surface area contributed by atoms with Gasteiger partial charge in [-0.05, 0) is 46.0 Å². The lowest BCUT2D eigenvalue weighted by Crippen LogP contribution is -2.31. The highest BCUT2D eigenvalue weighted by molar-refractivity contribution is 5.77. The van der Waals surface area contributed by atoms with Crippen LogP contribution in [-0.2, 0) is 16.6 Å². The van der Waals surface area contributed by atoms with Crippen molar-refractivity contribution in [2.24, 2.45) is 7.05 Å². The van der Waals surface area contributed by atoms with E-state index in [0.29, 0.717) is 12.5 Å². The van der Waals surface area contributed by atoms with E-state index in [1.54, 1.807) is 0 Å². The Morgan fingerprint density at radius 2 is 2.14 bits per heavy atom. The predicted octanol–water partition coefficient (Wildman–Crippen LogP) is 2.66. The summed E-state index contributed by atoms with van der Waals surface area (Å²) in [6.45, 7) is 5.89. The number of hydrogen-bond acceptors (Lipinski definition) is 3. The second-order valence-electron chi connectivity index (χ2n) is 6.63. The van der Waals surface area contributed by atoms with Crippen LogP contribution in [-0.4, -0.2) is 39.8 Å². The predicted molar refractivity (Wildman–Crippen MR) is 84.6 cm³/mol. The van der Waals surface area contributed by atoms with Gasteiger partial charge in [-0.2, -0.15) is 5.10 Å². The van der Waals surface area contributed by atoms with E-state index in [4.69, 9.17) is 4.74 Å². The highest BCUT2D eigenvalue weighted by Gasteiger charge is 2.33. The molecular weight excluding hydrogens is 278 g/mol. The molecule has 0 N–H and O–H groups in total. The summed E-state index contributed by atoms with van der Waals surface area (Å²) in [5, 5.41) is 4.52. The molecule has 2 aliphatic heterocycles. The number of hydrogen-bond donors (Lipinski definition) is 0.